The van der Waals surface area contributed by atoms with Crippen LogP contribution in [0.5, 0.6) is 5.75 Å². The lowest BCUT2D eigenvalue weighted by Crippen LogP contribution is -2.26. The Hall–Kier alpha value is -3.12. The predicted molar refractivity (Wildman–Crippen MR) is 117 cm³/mol. The zero-order valence-electron chi connectivity index (χ0n) is 16.1. The molecule has 0 bridgehead atoms. The molecular weight excluding hydrogens is 432 g/mol. The molecule has 0 aliphatic carbocycles. The van der Waals surface area contributed by atoms with Crippen molar-refractivity contribution in [2.75, 3.05) is 12.4 Å². The molecule has 1 atom stereocenters. The molecule has 0 aromatic heterocycles. The van der Waals surface area contributed by atoms with Crippen LogP contribution in [0.1, 0.15) is 39.2 Å². The molecule has 148 valence electrons. The molecule has 0 saturated heterocycles. The number of halogens is 1. The quantitative estimate of drug-likeness (QED) is 0.539. The number of methoxy groups -OCH3 is 1. The largest absolute Gasteiger partial charge is 0.496 e. The highest BCUT2D eigenvalue weighted by Gasteiger charge is 2.13. The summed E-state index contributed by atoms with van der Waals surface area (Å²) in [6, 6.07) is 21.5. The summed E-state index contributed by atoms with van der Waals surface area (Å²) in [6.07, 6.45) is 0. The lowest BCUT2D eigenvalue weighted by Gasteiger charge is -2.15. The molecule has 0 fully saturated rings. The monoisotopic (exact) mass is 452 g/mol. The molecule has 0 aliphatic heterocycles. The summed E-state index contributed by atoms with van der Waals surface area (Å²) in [5, 5.41) is 5.80. The Morgan fingerprint density at radius 1 is 0.897 bits per heavy atom. The first kappa shape index (κ1) is 20.6. The second kappa shape index (κ2) is 9.39. The maximum absolute atomic E-state index is 12.6. The van der Waals surface area contributed by atoms with Gasteiger partial charge in [-0.25, -0.2) is 0 Å². The van der Waals surface area contributed by atoms with E-state index in [1.54, 1.807) is 49.6 Å². The maximum atomic E-state index is 12.6. The summed E-state index contributed by atoms with van der Waals surface area (Å²) in [7, 11) is 1.56. The second-order valence-corrected chi connectivity index (χ2v) is 7.34. The van der Waals surface area contributed by atoms with E-state index in [9.17, 15) is 9.59 Å². The standard InChI is InChI=1S/C23H21BrN2O3/c1-15(16-7-4-3-5-8-16)25-22(27)17-9-6-10-19(13-17)26-23(28)18-11-12-21(29-2)20(24)14-18/h3-15H,1-2H3,(H,25,27)(H,26,28). The summed E-state index contributed by atoms with van der Waals surface area (Å²) in [6.45, 7) is 1.93. The molecule has 29 heavy (non-hydrogen) atoms. The Bertz CT molecular complexity index is 1020. The average Bonchev–Trinajstić information content (AvgIpc) is 2.74. The van der Waals surface area contributed by atoms with E-state index in [0.29, 0.717) is 27.0 Å². The van der Waals surface area contributed by atoms with Gasteiger partial charge in [0.1, 0.15) is 5.75 Å². The molecule has 2 N–H and O–H groups in total. The van der Waals surface area contributed by atoms with E-state index >= 15 is 0 Å². The molecule has 6 heteroatoms. The van der Waals surface area contributed by atoms with Gasteiger partial charge in [0.25, 0.3) is 11.8 Å². The van der Waals surface area contributed by atoms with Crippen molar-refractivity contribution in [1.82, 2.24) is 5.32 Å². The topological polar surface area (TPSA) is 67.4 Å². The molecule has 1 unspecified atom stereocenters. The van der Waals surface area contributed by atoms with Gasteiger partial charge in [0.15, 0.2) is 0 Å². The molecule has 0 saturated carbocycles. The first-order chi connectivity index (χ1) is 14.0. The van der Waals surface area contributed by atoms with Gasteiger partial charge in [-0.2, -0.15) is 0 Å². The van der Waals surface area contributed by atoms with Crippen LogP contribution >= 0.6 is 15.9 Å². The van der Waals surface area contributed by atoms with Crippen molar-refractivity contribution in [2.24, 2.45) is 0 Å². The van der Waals surface area contributed by atoms with Crippen LogP contribution in [0.15, 0.2) is 77.3 Å². The second-order valence-electron chi connectivity index (χ2n) is 6.49. The van der Waals surface area contributed by atoms with Crippen LogP contribution in [-0.4, -0.2) is 18.9 Å². The van der Waals surface area contributed by atoms with E-state index in [0.717, 1.165) is 5.56 Å². The summed E-state index contributed by atoms with van der Waals surface area (Å²) < 4.78 is 5.87. The highest BCUT2D eigenvalue weighted by molar-refractivity contribution is 9.10. The number of carbonyl (C=O) groups is 2. The van der Waals surface area contributed by atoms with Gasteiger partial charge in [0.2, 0.25) is 0 Å². The number of anilines is 1. The van der Waals surface area contributed by atoms with Crippen molar-refractivity contribution in [3.63, 3.8) is 0 Å². The summed E-state index contributed by atoms with van der Waals surface area (Å²) in [5.41, 5.74) is 2.52. The zero-order valence-corrected chi connectivity index (χ0v) is 17.7. The zero-order chi connectivity index (χ0) is 20.8. The maximum Gasteiger partial charge on any atom is 0.255 e. The minimum atomic E-state index is -0.274. The van der Waals surface area contributed by atoms with Gasteiger partial charge in [-0.15, -0.1) is 0 Å². The van der Waals surface area contributed by atoms with E-state index in [1.807, 2.05) is 37.3 Å². The highest BCUT2D eigenvalue weighted by atomic mass is 79.9. The molecule has 3 rings (SSSR count). The third-order valence-electron chi connectivity index (χ3n) is 4.44. The number of amides is 2. The van der Waals surface area contributed by atoms with Gasteiger partial charge in [-0.3, -0.25) is 9.59 Å². The minimum Gasteiger partial charge on any atom is -0.496 e. The van der Waals surface area contributed by atoms with Crippen LogP contribution in [0.25, 0.3) is 0 Å². The van der Waals surface area contributed by atoms with Gasteiger partial charge >= 0.3 is 0 Å². The number of carbonyl (C=O) groups excluding carboxylic acids is 2. The smallest absolute Gasteiger partial charge is 0.255 e. The van der Waals surface area contributed by atoms with E-state index < -0.39 is 0 Å². The number of rotatable bonds is 6. The lowest BCUT2D eigenvalue weighted by molar-refractivity contribution is 0.0938. The fourth-order valence-corrected chi connectivity index (χ4v) is 3.39. The molecule has 0 spiro atoms. The molecule has 0 heterocycles. The van der Waals surface area contributed by atoms with Crippen LogP contribution in [0.3, 0.4) is 0 Å². The predicted octanol–water partition coefficient (Wildman–Crippen LogP) is 5.20. The Balaban J connectivity index is 1.69. The SMILES string of the molecule is COc1ccc(C(=O)Nc2cccc(C(=O)NC(C)c3ccccc3)c2)cc1Br. The van der Waals surface area contributed by atoms with Gasteiger partial charge < -0.3 is 15.4 Å². The van der Waals surface area contributed by atoms with Crippen molar-refractivity contribution >= 4 is 33.4 Å². The first-order valence-electron chi connectivity index (χ1n) is 9.08. The number of ether oxygens (including phenoxy) is 1. The van der Waals surface area contributed by atoms with Gasteiger partial charge in [0, 0.05) is 16.8 Å². The Kier molecular flexibility index (Phi) is 6.67. The third-order valence-corrected chi connectivity index (χ3v) is 5.06. The Morgan fingerprint density at radius 2 is 1.62 bits per heavy atom. The molecule has 0 aliphatic rings. The molecule has 5 nitrogen and oxygen atoms in total. The van der Waals surface area contributed by atoms with Gasteiger partial charge in [0.05, 0.1) is 17.6 Å². The molecule has 2 amide bonds. The fourth-order valence-electron chi connectivity index (χ4n) is 2.85. The summed E-state index contributed by atoms with van der Waals surface area (Å²) in [4.78, 5) is 25.1. The molecule has 3 aromatic carbocycles. The lowest BCUT2D eigenvalue weighted by atomic mass is 10.1. The number of hydrogen-bond acceptors (Lipinski definition) is 3. The molecular formula is C23H21BrN2O3. The summed E-state index contributed by atoms with van der Waals surface area (Å²) >= 11 is 3.38. The Labute approximate surface area is 178 Å². The van der Waals surface area contributed by atoms with Crippen LogP contribution < -0.4 is 15.4 Å². The van der Waals surface area contributed by atoms with E-state index in [4.69, 9.17) is 4.74 Å². The highest BCUT2D eigenvalue weighted by Crippen LogP contribution is 2.26. The van der Waals surface area contributed by atoms with Gasteiger partial charge in [-0.1, -0.05) is 36.4 Å². The van der Waals surface area contributed by atoms with Crippen molar-refractivity contribution in [2.45, 2.75) is 13.0 Å². The van der Waals surface area contributed by atoms with Crippen molar-refractivity contribution < 1.29 is 14.3 Å². The van der Waals surface area contributed by atoms with Crippen LogP contribution in [0, 0.1) is 0 Å². The van der Waals surface area contributed by atoms with Gasteiger partial charge in [-0.05, 0) is 64.8 Å². The van der Waals surface area contributed by atoms with Crippen LogP contribution in [0.4, 0.5) is 5.69 Å². The van der Waals surface area contributed by atoms with E-state index in [1.165, 1.54) is 0 Å². The van der Waals surface area contributed by atoms with E-state index in [2.05, 4.69) is 26.6 Å². The van der Waals surface area contributed by atoms with Crippen molar-refractivity contribution in [1.29, 1.82) is 0 Å². The van der Waals surface area contributed by atoms with Crippen LogP contribution in [0.2, 0.25) is 0 Å². The van der Waals surface area contributed by atoms with E-state index in [-0.39, 0.29) is 17.9 Å². The molecule has 3 aromatic rings. The van der Waals surface area contributed by atoms with Crippen molar-refractivity contribution in [3.05, 3.63) is 94.0 Å². The normalized spacial score (nSPS) is 11.4. The minimum absolute atomic E-state index is 0.126. The van der Waals surface area contributed by atoms with Crippen LogP contribution in [-0.2, 0) is 0 Å². The fraction of sp³-hybridized carbons (Fsp3) is 0.130. The average molecular weight is 453 g/mol. The summed E-state index contributed by atoms with van der Waals surface area (Å²) in [5.74, 6) is 0.168. The number of nitrogens with one attached hydrogen (secondary N) is 2. The van der Waals surface area contributed by atoms with Crippen molar-refractivity contribution in [3.8, 4) is 5.75 Å². The first-order valence-corrected chi connectivity index (χ1v) is 9.88. The Morgan fingerprint density at radius 3 is 2.31 bits per heavy atom. The molecule has 0 radical (unpaired) electrons. The number of hydrogen-bond donors (Lipinski definition) is 2. The number of benzene rings is 3. The third kappa shape index (κ3) is 5.23.